The predicted octanol–water partition coefficient (Wildman–Crippen LogP) is 3.14. The quantitative estimate of drug-likeness (QED) is 0.540. The SMILES string of the molecule is CC1CCCC2(CCCCO2)C1. The summed E-state index contributed by atoms with van der Waals surface area (Å²) >= 11 is 0. The largest absolute Gasteiger partial charge is 0.375 e. The van der Waals surface area contributed by atoms with Crippen LogP contribution in [0.2, 0.25) is 0 Å². The molecule has 0 aromatic rings. The fourth-order valence-electron chi connectivity index (χ4n) is 2.88. The maximum absolute atomic E-state index is 5.98. The lowest BCUT2D eigenvalue weighted by atomic mass is 9.75. The Morgan fingerprint density at radius 2 is 2.00 bits per heavy atom. The zero-order chi connectivity index (χ0) is 8.44. The van der Waals surface area contributed by atoms with Gasteiger partial charge in [-0.25, -0.2) is 0 Å². The molecule has 0 bridgehead atoms. The van der Waals surface area contributed by atoms with Gasteiger partial charge in [-0.2, -0.15) is 0 Å². The van der Waals surface area contributed by atoms with Crippen LogP contribution in [0, 0.1) is 5.92 Å². The number of rotatable bonds is 0. The van der Waals surface area contributed by atoms with E-state index in [1.807, 2.05) is 0 Å². The first-order valence-electron chi connectivity index (χ1n) is 5.45. The molecule has 2 rings (SSSR count). The lowest BCUT2D eigenvalue weighted by molar-refractivity contribution is -0.109. The second-order valence-electron chi connectivity index (χ2n) is 4.69. The maximum atomic E-state index is 5.98. The molecular formula is C11H20O. The van der Waals surface area contributed by atoms with Gasteiger partial charge in [0, 0.05) is 6.61 Å². The monoisotopic (exact) mass is 168 g/mol. The van der Waals surface area contributed by atoms with Crippen molar-refractivity contribution in [3.63, 3.8) is 0 Å². The first kappa shape index (κ1) is 8.55. The van der Waals surface area contributed by atoms with Gasteiger partial charge in [0.25, 0.3) is 0 Å². The van der Waals surface area contributed by atoms with Crippen molar-refractivity contribution in [1.82, 2.24) is 0 Å². The van der Waals surface area contributed by atoms with Gasteiger partial charge in [0.1, 0.15) is 0 Å². The van der Waals surface area contributed by atoms with Gasteiger partial charge >= 0.3 is 0 Å². The van der Waals surface area contributed by atoms with E-state index in [9.17, 15) is 0 Å². The Balaban J connectivity index is 1.97. The smallest absolute Gasteiger partial charge is 0.0685 e. The number of hydrogen-bond donors (Lipinski definition) is 0. The molecule has 0 aromatic carbocycles. The molecule has 1 spiro atoms. The Bertz CT molecular complexity index is 142. The van der Waals surface area contributed by atoms with E-state index in [1.165, 1.54) is 44.9 Å². The number of hydrogen-bond acceptors (Lipinski definition) is 1. The van der Waals surface area contributed by atoms with Crippen LogP contribution < -0.4 is 0 Å². The molecule has 0 radical (unpaired) electrons. The van der Waals surface area contributed by atoms with Crippen LogP contribution in [0.25, 0.3) is 0 Å². The molecule has 1 saturated carbocycles. The summed E-state index contributed by atoms with van der Waals surface area (Å²) in [6.45, 7) is 3.39. The third-order valence-corrected chi connectivity index (χ3v) is 3.48. The molecule has 0 aromatic heterocycles. The Kier molecular flexibility index (Phi) is 2.40. The van der Waals surface area contributed by atoms with Crippen molar-refractivity contribution >= 4 is 0 Å². The minimum absolute atomic E-state index is 0.329. The highest BCUT2D eigenvalue weighted by atomic mass is 16.5. The Labute approximate surface area is 75.5 Å². The second kappa shape index (κ2) is 3.37. The van der Waals surface area contributed by atoms with E-state index in [0.29, 0.717) is 5.60 Å². The lowest BCUT2D eigenvalue weighted by Crippen LogP contribution is -2.40. The van der Waals surface area contributed by atoms with Gasteiger partial charge in [0.2, 0.25) is 0 Å². The van der Waals surface area contributed by atoms with Crippen LogP contribution in [-0.4, -0.2) is 12.2 Å². The molecule has 70 valence electrons. The molecule has 1 nitrogen and oxygen atoms in total. The van der Waals surface area contributed by atoms with Crippen LogP contribution in [-0.2, 0) is 4.74 Å². The molecule has 0 amide bonds. The van der Waals surface area contributed by atoms with Gasteiger partial charge in [-0.3, -0.25) is 0 Å². The van der Waals surface area contributed by atoms with Crippen molar-refractivity contribution in [3.8, 4) is 0 Å². The van der Waals surface area contributed by atoms with Gasteiger partial charge < -0.3 is 4.74 Å². The summed E-state index contributed by atoms with van der Waals surface area (Å²) in [5.74, 6) is 0.900. The summed E-state index contributed by atoms with van der Waals surface area (Å²) < 4.78 is 5.98. The van der Waals surface area contributed by atoms with E-state index >= 15 is 0 Å². The van der Waals surface area contributed by atoms with Gasteiger partial charge in [0.05, 0.1) is 5.60 Å². The fraction of sp³-hybridized carbons (Fsp3) is 1.00. The van der Waals surface area contributed by atoms with E-state index in [2.05, 4.69) is 6.92 Å². The summed E-state index contributed by atoms with van der Waals surface area (Å²) in [6.07, 6.45) is 9.48. The van der Waals surface area contributed by atoms with Crippen LogP contribution >= 0.6 is 0 Å². The minimum Gasteiger partial charge on any atom is -0.375 e. The van der Waals surface area contributed by atoms with Crippen LogP contribution in [0.1, 0.15) is 51.9 Å². The van der Waals surface area contributed by atoms with Crippen molar-refractivity contribution in [2.24, 2.45) is 5.92 Å². The lowest BCUT2D eigenvalue weighted by Gasteiger charge is -2.42. The number of ether oxygens (including phenoxy) is 1. The summed E-state index contributed by atoms with van der Waals surface area (Å²) in [7, 11) is 0. The van der Waals surface area contributed by atoms with Crippen molar-refractivity contribution in [3.05, 3.63) is 0 Å². The van der Waals surface area contributed by atoms with E-state index in [0.717, 1.165) is 12.5 Å². The first-order chi connectivity index (χ1) is 5.81. The Morgan fingerprint density at radius 1 is 1.17 bits per heavy atom. The predicted molar refractivity (Wildman–Crippen MR) is 50.2 cm³/mol. The molecule has 1 saturated heterocycles. The highest BCUT2D eigenvalue weighted by molar-refractivity contribution is 4.88. The molecule has 1 aliphatic carbocycles. The average molecular weight is 168 g/mol. The maximum Gasteiger partial charge on any atom is 0.0685 e. The summed E-state index contributed by atoms with van der Waals surface area (Å²) in [4.78, 5) is 0. The molecule has 0 N–H and O–H groups in total. The third kappa shape index (κ3) is 1.66. The first-order valence-corrected chi connectivity index (χ1v) is 5.45. The fourth-order valence-corrected chi connectivity index (χ4v) is 2.88. The summed E-state index contributed by atoms with van der Waals surface area (Å²) in [5, 5.41) is 0. The molecule has 12 heavy (non-hydrogen) atoms. The Morgan fingerprint density at radius 3 is 2.67 bits per heavy atom. The van der Waals surface area contributed by atoms with E-state index < -0.39 is 0 Å². The minimum atomic E-state index is 0.329. The van der Waals surface area contributed by atoms with Crippen molar-refractivity contribution < 1.29 is 4.74 Å². The van der Waals surface area contributed by atoms with Crippen molar-refractivity contribution in [1.29, 1.82) is 0 Å². The zero-order valence-corrected chi connectivity index (χ0v) is 8.14. The van der Waals surface area contributed by atoms with Gasteiger partial charge in [0.15, 0.2) is 0 Å². The van der Waals surface area contributed by atoms with Crippen molar-refractivity contribution in [2.45, 2.75) is 57.5 Å². The summed E-state index contributed by atoms with van der Waals surface area (Å²) in [6, 6.07) is 0. The van der Waals surface area contributed by atoms with Gasteiger partial charge in [-0.05, 0) is 38.0 Å². The van der Waals surface area contributed by atoms with Crippen molar-refractivity contribution in [2.75, 3.05) is 6.61 Å². The highest BCUT2D eigenvalue weighted by Crippen LogP contribution is 2.40. The topological polar surface area (TPSA) is 9.23 Å². The van der Waals surface area contributed by atoms with Crippen LogP contribution in [0.15, 0.2) is 0 Å². The molecule has 2 aliphatic rings. The standard InChI is InChI=1S/C11H20O/c1-10-5-4-7-11(9-10)6-2-3-8-12-11/h10H,2-9H2,1H3. The molecule has 2 atom stereocenters. The molecule has 2 unspecified atom stereocenters. The van der Waals surface area contributed by atoms with E-state index in [1.54, 1.807) is 0 Å². The van der Waals surface area contributed by atoms with E-state index in [-0.39, 0.29) is 0 Å². The zero-order valence-electron chi connectivity index (χ0n) is 8.14. The van der Waals surface area contributed by atoms with Crippen LogP contribution in [0.5, 0.6) is 0 Å². The van der Waals surface area contributed by atoms with E-state index in [4.69, 9.17) is 4.74 Å². The highest BCUT2D eigenvalue weighted by Gasteiger charge is 2.36. The van der Waals surface area contributed by atoms with Crippen LogP contribution in [0.4, 0.5) is 0 Å². The van der Waals surface area contributed by atoms with Gasteiger partial charge in [-0.15, -0.1) is 0 Å². The van der Waals surface area contributed by atoms with Gasteiger partial charge in [-0.1, -0.05) is 19.8 Å². The second-order valence-corrected chi connectivity index (χ2v) is 4.69. The summed E-state index contributed by atoms with van der Waals surface area (Å²) in [5.41, 5.74) is 0.329. The molecule has 1 aliphatic heterocycles. The molecular weight excluding hydrogens is 148 g/mol. The Hall–Kier alpha value is -0.0400. The normalized spacial score (nSPS) is 43.2. The molecule has 1 heteroatoms. The van der Waals surface area contributed by atoms with Crippen LogP contribution in [0.3, 0.4) is 0 Å². The third-order valence-electron chi connectivity index (χ3n) is 3.48. The molecule has 1 heterocycles. The average Bonchev–Trinajstić information content (AvgIpc) is 2.05. The molecule has 2 fully saturated rings.